The van der Waals surface area contributed by atoms with Crippen LogP contribution in [0, 0.1) is 6.92 Å². The monoisotopic (exact) mass is 254 g/mol. The number of phenols is 1. The molecule has 0 atom stereocenters. The Morgan fingerprint density at radius 2 is 1.79 bits per heavy atom. The van der Waals surface area contributed by atoms with Crippen molar-refractivity contribution < 1.29 is 15.0 Å². The summed E-state index contributed by atoms with van der Waals surface area (Å²) >= 11 is 0. The summed E-state index contributed by atoms with van der Waals surface area (Å²) in [5, 5.41) is 18.0. The fraction of sp³-hybridized carbons (Fsp3) is 0.0625. The molecule has 2 aromatic rings. The molecule has 0 aliphatic carbocycles. The van der Waals surface area contributed by atoms with Crippen LogP contribution < -0.4 is 0 Å². The SMILES string of the molecule is Cc1c(/C=C/C(=O)O)cccc1-c1ccc(O)cc1. The molecule has 0 saturated heterocycles. The van der Waals surface area contributed by atoms with E-state index < -0.39 is 5.97 Å². The first-order chi connectivity index (χ1) is 9.08. The van der Waals surface area contributed by atoms with Crippen LogP contribution in [-0.2, 0) is 4.79 Å². The molecule has 0 fully saturated rings. The Bertz CT molecular complexity index is 625. The molecule has 0 unspecified atom stereocenters. The first-order valence-electron chi connectivity index (χ1n) is 5.88. The van der Waals surface area contributed by atoms with Gasteiger partial charge in [-0.2, -0.15) is 0 Å². The summed E-state index contributed by atoms with van der Waals surface area (Å²) in [5.41, 5.74) is 3.88. The molecular formula is C16H14O3. The second-order valence-corrected chi connectivity index (χ2v) is 4.24. The maximum absolute atomic E-state index is 10.6. The Morgan fingerprint density at radius 1 is 1.11 bits per heavy atom. The quantitative estimate of drug-likeness (QED) is 0.824. The number of carbonyl (C=O) groups is 1. The third-order valence-corrected chi connectivity index (χ3v) is 2.96. The Morgan fingerprint density at radius 3 is 2.42 bits per heavy atom. The standard InChI is InChI=1S/C16H14O3/c1-11-12(7-10-16(18)19)3-2-4-15(11)13-5-8-14(17)9-6-13/h2-10,17H,1H3,(H,18,19)/b10-7+. The smallest absolute Gasteiger partial charge is 0.328 e. The van der Waals surface area contributed by atoms with Crippen molar-refractivity contribution >= 4 is 12.0 Å². The van der Waals surface area contributed by atoms with E-state index >= 15 is 0 Å². The fourth-order valence-corrected chi connectivity index (χ4v) is 1.95. The molecule has 0 radical (unpaired) electrons. The minimum absolute atomic E-state index is 0.225. The summed E-state index contributed by atoms with van der Waals surface area (Å²) in [4.78, 5) is 10.6. The molecule has 19 heavy (non-hydrogen) atoms. The highest BCUT2D eigenvalue weighted by Gasteiger charge is 2.04. The van der Waals surface area contributed by atoms with Crippen LogP contribution >= 0.6 is 0 Å². The van der Waals surface area contributed by atoms with Gasteiger partial charge < -0.3 is 10.2 Å². The maximum atomic E-state index is 10.6. The predicted molar refractivity (Wildman–Crippen MR) is 74.9 cm³/mol. The Labute approximate surface area is 111 Å². The number of rotatable bonds is 3. The topological polar surface area (TPSA) is 57.5 Å². The number of carboxylic acids is 1. The average molecular weight is 254 g/mol. The molecule has 0 aromatic heterocycles. The molecule has 0 bridgehead atoms. The summed E-state index contributed by atoms with van der Waals surface area (Å²) in [5.74, 6) is -0.738. The summed E-state index contributed by atoms with van der Waals surface area (Å²) < 4.78 is 0. The van der Waals surface area contributed by atoms with Gasteiger partial charge in [0.15, 0.2) is 0 Å². The van der Waals surface area contributed by atoms with Crippen LogP contribution in [0.5, 0.6) is 5.75 Å². The zero-order chi connectivity index (χ0) is 13.8. The molecule has 0 amide bonds. The van der Waals surface area contributed by atoms with Crippen LogP contribution in [0.3, 0.4) is 0 Å². The van der Waals surface area contributed by atoms with E-state index in [0.717, 1.165) is 28.3 Å². The maximum Gasteiger partial charge on any atom is 0.328 e. The van der Waals surface area contributed by atoms with Gasteiger partial charge in [0, 0.05) is 6.08 Å². The highest BCUT2D eigenvalue weighted by atomic mass is 16.4. The van der Waals surface area contributed by atoms with E-state index in [9.17, 15) is 9.90 Å². The van der Waals surface area contributed by atoms with E-state index in [-0.39, 0.29) is 5.75 Å². The van der Waals surface area contributed by atoms with Crippen molar-refractivity contribution in [3.8, 4) is 16.9 Å². The molecule has 0 heterocycles. The molecular weight excluding hydrogens is 240 g/mol. The lowest BCUT2D eigenvalue weighted by Crippen LogP contribution is -1.89. The lowest BCUT2D eigenvalue weighted by atomic mass is 9.96. The van der Waals surface area contributed by atoms with E-state index in [1.165, 1.54) is 0 Å². The number of hydrogen-bond acceptors (Lipinski definition) is 2. The molecule has 0 spiro atoms. The van der Waals surface area contributed by atoms with Gasteiger partial charge >= 0.3 is 5.97 Å². The second-order valence-electron chi connectivity index (χ2n) is 4.24. The van der Waals surface area contributed by atoms with Gasteiger partial charge in [-0.05, 0) is 47.4 Å². The van der Waals surface area contributed by atoms with Crippen LogP contribution in [-0.4, -0.2) is 16.2 Å². The highest BCUT2D eigenvalue weighted by Crippen LogP contribution is 2.27. The van der Waals surface area contributed by atoms with E-state index in [0.29, 0.717) is 0 Å². The second kappa shape index (κ2) is 5.40. The summed E-state index contributed by atoms with van der Waals surface area (Å²) in [6.45, 7) is 1.95. The fourth-order valence-electron chi connectivity index (χ4n) is 1.95. The largest absolute Gasteiger partial charge is 0.508 e. The van der Waals surface area contributed by atoms with Gasteiger partial charge in [0.05, 0.1) is 0 Å². The molecule has 3 nitrogen and oxygen atoms in total. The van der Waals surface area contributed by atoms with Crippen LogP contribution in [0.4, 0.5) is 0 Å². The van der Waals surface area contributed by atoms with E-state index in [1.807, 2.05) is 37.3 Å². The zero-order valence-electron chi connectivity index (χ0n) is 10.5. The lowest BCUT2D eigenvalue weighted by Gasteiger charge is -2.09. The van der Waals surface area contributed by atoms with Gasteiger partial charge in [-0.3, -0.25) is 0 Å². The van der Waals surface area contributed by atoms with Gasteiger partial charge in [0.1, 0.15) is 5.75 Å². The number of aromatic hydroxyl groups is 1. The average Bonchev–Trinajstić information content (AvgIpc) is 2.39. The number of benzene rings is 2. The summed E-state index contributed by atoms with van der Waals surface area (Å²) in [6.07, 6.45) is 2.71. The van der Waals surface area contributed by atoms with Crippen LogP contribution in [0.25, 0.3) is 17.2 Å². The van der Waals surface area contributed by atoms with Crippen LogP contribution in [0.15, 0.2) is 48.5 Å². The van der Waals surface area contributed by atoms with Gasteiger partial charge in [0.25, 0.3) is 0 Å². The van der Waals surface area contributed by atoms with Crippen molar-refractivity contribution in [2.75, 3.05) is 0 Å². The Hall–Kier alpha value is -2.55. The molecule has 3 heteroatoms. The molecule has 0 aliphatic rings. The van der Waals surface area contributed by atoms with Crippen molar-refractivity contribution in [1.82, 2.24) is 0 Å². The van der Waals surface area contributed by atoms with Crippen molar-refractivity contribution in [1.29, 1.82) is 0 Å². The van der Waals surface area contributed by atoms with E-state index in [1.54, 1.807) is 18.2 Å². The minimum Gasteiger partial charge on any atom is -0.508 e. The van der Waals surface area contributed by atoms with Gasteiger partial charge in [-0.15, -0.1) is 0 Å². The molecule has 2 aromatic carbocycles. The molecule has 96 valence electrons. The van der Waals surface area contributed by atoms with Crippen molar-refractivity contribution in [2.45, 2.75) is 6.92 Å². The Kier molecular flexibility index (Phi) is 3.66. The normalized spacial score (nSPS) is 10.8. The molecule has 2 N–H and O–H groups in total. The number of carboxylic acid groups (broad SMARTS) is 1. The van der Waals surface area contributed by atoms with Crippen molar-refractivity contribution in [3.05, 3.63) is 59.7 Å². The first-order valence-corrected chi connectivity index (χ1v) is 5.88. The van der Waals surface area contributed by atoms with Crippen molar-refractivity contribution in [2.24, 2.45) is 0 Å². The first kappa shape index (κ1) is 12.9. The van der Waals surface area contributed by atoms with Crippen molar-refractivity contribution in [3.63, 3.8) is 0 Å². The number of hydrogen-bond donors (Lipinski definition) is 2. The Balaban J connectivity index is 2.45. The van der Waals surface area contributed by atoms with E-state index in [4.69, 9.17) is 5.11 Å². The minimum atomic E-state index is -0.963. The number of aliphatic carboxylic acids is 1. The van der Waals surface area contributed by atoms with E-state index in [2.05, 4.69) is 0 Å². The predicted octanol–water partition coefficient (Wildman–Crippen LogP) is 3.47. The molecule has 0 aliphatic heterocycles. The van der Waals surface area contributed by atoms with Crippen LogP contribution in [0.1, 0.15) is 11.1 Å². The van der Waals surface area contributed by atoms with Gasteiger partial charge in [-0.1, -0.05) is 30.3 Å². The van der Waals surface area contributed by atoms with Gasteiger partial charge in [0.2, 0.25) is 0 Å². The lowest BCUT2D eigenvalue weighted by molar-refractivity contribution is -0.131. The third-order valence-electron chi connectivity index (χ3n) is 2.96. The molecule has 2 rings (SSSR count). The summed E-state index contributed by atoms with van der Waals surface area (Å²) in [7, 11) is 0. The zero-order valence-corrected chi connectivity index (χ0v) is 10.5. The van der Waals surface area contributed by atoms with Gasteiger partial charge in [-0.25, -0.2) is 4.79 Å². The highest BCUT2D eigenvalue weighted by molar-refractivity contribution is 5.86. The summed E-state index contributed by atoms with van der Waals surface area (Å²) in [6, 6.07) is 12.7. The number of phenolic OH excluding ortho intramolecular Hbond substituents is 1. The third kappa shape index (κ3) is 3.01. The molecule has 0 saturated carbocycles. The van der Waals surface area contributed by atoms with Crippen LogP contribution in [0.2, 0.25) is 0 Å².